The number of aryl methyl sites for hydroxylation is 1. The van der Waals surface area contributed by atoms with Gasteiger partial charge in [-0.15, -0.1) is 0 Å². The number of sulfonamides is 2. The minimum Gasteiger partial charge on any atom is -0.256 e. The molecule has 0 N–H and O–H groups in total. The van der Waals surface area contributed by atoms with E-state index in [2.05, 4.69) is 0 Å². The second kappa shape index (κ2) is 13.4. The van der Waals surface area contributed by atoms with Gasteiger partial charge in [-0.25, -0.2) is 34.3 Å². The van der Waals surface area contributed by atoms with Gasteiger partial charge in [0, 0.05) is 35.7 Å². The smallest absolute Gasteiger partial charge is 0.256 e. The Balaban J connectivity index is 1.64. The molecule has 1 aliphatic heterocycles. The molecule has 0 aliphatic carbocycles. The van der Waals surface area contributed by atoms with E-state index in [1.54, 1.807) is 11.8 Å². The highest BCUT2D eigenvalue weighted by Crippen LogP contribution is 2.37. The lowest BCUT2D eigenvalue weighted by atomic mass is 9.97. The van der Waals surface area contributed by atoms with Crippen molar-refractivity contribution in [2.75, 3.05) is 34.7 Å². The number of hydrogen-bond donors (Lipinski definition) is 0. The topological polar surface area (TPSA) is 74.8 Å². The van der Waals surface area contributed by atoms with Gasteiger partial charge in [-0.1, -0.05) is 17.7 Å². The molecule has 41 heavy (non-hydrogen) atoms. The number of unbranched alkanes of at least 4 members (excludes halogenated alkanes) is 1. The van der Waals surface area contributed by atoms with Crippen LogP contribution < -0.4 is 4.31 Å². The first-order chi connectivity index (χ1) is 19.4. The quantitative estimate of drug-likeness (QED) is 0.225. The molecule has 3 aromatic rings. The highest BCUT2D eigenvalue weighted by Gasteiger charge is 2.34. The van der Waals surface area contributed by atoms with Gasteiger partial charge in [0.1, 0.15) is 17.5 Å². The van der Waals surface area contributed by atoms with E-state index >= 15 is 4.39 Å². The van der Waals surface area contributed by atoms with Crippen molar-refractivity contribution in [1.29, 1.82) is 0 Å². The third-order valence-electron chi connectivity index (χ3n) is 6.88. The molecule has 1 heterocycles. The van der Waals surface area contributed by atoms with Crippen LogP contribution in [0.2, 0.25) is 5.02 Å². The van der Waals surface area contributed by atoms with Crippen LogP contribution in [0.3, 0.4) is 0 Å². The van der Waals surface area contributed by atoms with Crippen LogP contribution in [0.5, 0.6) is 0 Å². The summed E-state index contributed by atoms with van der Waals surface area (Å²) >= 11 is 7.65. The van der Waals surface area contributed by atoms with Gasteiger partial charge in [-0.3, -0.25) is 4.31 Å². The number of thioether (sulfide) groups is 1. The van der Waals surface area contributed by atoms with E-state index in [-0.39, 0.29) is 17.1 Å². The number of rotatable bonds is 11. The van der Waals surface area contributed by atoms with Crippen LogP contribution >= 0.6 is 23.4 Å². The summed E-state index contributed by atoms with van der Waals surface area (Å²) in [6.07, 6.45) is 0.966. The fourth-order valence-corrected chi connectivity index (χ4v) is 9.26. The molecule has 1 fully saturated rings. The number of halogens is 4. The summed E-state index contributed by atoms with van der Waals surface area (Å²) in [5, 5.41) is 0.294. The lowest BCUT2D eigenvalue weighted by molar-refractivity contribution is 0.442. The molecule has 1 saturated heterocycles. The molecule has 4 rings (SSSR count). The Morgan fingerprint density at radius 2 is 1.54 bits per heavy atom. The average Bonchev–Trinajstić information content (AvgIpc) is 2.94. The van der Waals surface area contributed by atoms with Crippen molar-refractivity contribution in [2.24, 2.45) is 0 Å². The van der Waals surface area contributed by atoms with Crippen LogP contribution in [0, 0.1) is 17.5 Å². The molecule has 0 aromatic heterocycles. The maximum atomic E-state index is 15.1. The molecule has 0 saturated carbocycles. The molecule has 0 unspecified atom stereocenters. The van der Waals surface area contributed by atoms with E-state index in [9.17, 15) is 25.6 Å². The molecule has 13 heteroatoms. The second-order valence-electron chi connectivity index (χ2n) is 9.65. The summed E-state index contributed by atoms with van der Waals surface area (Å²) in [5.74, 6) is -0.892. The first-order valence-corrected chi connectivity index (χ1v) is 17.6. The standard InChI is InChI=1S/C28H30ClF3N2O4S3/c1-20(34(28-19-24(31)8-12-27(28)32)41(37,38)25-9-5-22(29)6-10-25)26-11-7-23(30)18-21(26)4-2-3-17-40(35,36)33-13-15-39-16-14-33/h5-12,18-20H,2-4,13-17H2,1H3/t20-/m1/s1. The lowest BCUT2D eigenvalue weighted by Crippen LogP contribution is -2.39. The molecule has 3 aromatic carbocycles. The van der Waals surface area contributed by atoms with Crippen LogP contribution in [0.25, 0.3) is 0 Å². The predicted molar refractivity (Wildman–Crippen MR) is 158 cm³/mol. The van der Waals surface area contributed by atoms with Crippen molar-refractivity contribution >= 4 is 49.1 Å². The molecule has 6 nitrogen and oxygen atoms in total. The fourth-order valence-electron chi connectivity index (χ4n) is 4.80. The van der Waals surface area contributed by atoms with Gasteiger partial charge < -0.3 is 0 Å². The summed E-state index contributed by atoms with van der Waals surface area (Å²) < 4.78 is 99.1. The maximum Gasteiger partial charge on any atom is 0.264 e. The van der Waals surface area contributed by atoms with Gasteiger partial charge in [0.05, 0.1) is 22.4 Å². The normalized spacial score (nSPS) is 15.5. The van der Waals surface area contributed by atoms with Crippen molar-refractivity contribution in [3.63, 3.8) is 0 Å². The van der Waals surface area contributed by atoms with Crippen molar-refractivity contribution in [3.05, 3.63) is 94.3 Å². The summed E-state index contributed by atoms with van der Waals surface area (Å²) in [6, 6.07) is 10.6. The first kappa shape index (κ1) is 31.7. The van der Waals surface area contributed by atoms with E-state index in [0.717, 1.165) is 34.0 Å². The Hall–Kier alpha value is -2.25. The van der Waals surface area contributed by atoms with Crippen LogP contribution in [0.4, 0.5) is 18.9 Å². The second-order valence-corrected chi connectivity index (χ2v) is 15.2. The molecular weight excluding hydrogens is 617 g/mol. The monoisotopic (exact) mass is 646 g/mol. The third kappa shape index (κ3) is 7.59. The van der Waals surface area contributed by atoms with Crippen LogP contribution in [-0.4, -0.2) is 51.5 Å². The average molecular weight is 647 g/mol. The SMILES string of the molecule is C[C@H](c1ccc(F)cc1CCCCS(=O)(=O)N1CCSCC1)N(c1cc(F)ccc1F)S(=O)(=O)c1ccc(Cl)cc1. The summed E-state index contributed by atoms with van der Waals surface area (Å²) in [6.45, 7) is 2.47. The number of nitrogens with zero attached hydrogens (tertiary/aromatic N) is 2. The molecule has 0 radical (unpaired) electrons. The summed E-state index contributed by atoms with van der Waals surface area (Å²) in [7, 11) is -7.87. The third-order valence-corrected chi connectivity index (χ3v) is 11.9. The lowest BCUT2D eigenvalue weighted by Gasteiger charge is -2.32. The minimum absolute atomic E-state index is 0.0521. The van der Waals surface area contributed by atoms with Crippen molar-refractivity contribution in [1.82, 2.24) is 4.31 Å². The van der Waals surface area contributed by atoms with Gasteiger partial charge in [-0.05, 0) is 85.8 Å². The van der Waals surface area contributed by atoms with E-state index in [4.69, 9.17) is 11.6 Å². The van der Waals surface area contributed by atoms with Crippen LogP contribution in [-0.2, 0) is 26.5 Å². The molecule has 1 aliphatic rings. The zero-order chi connectivity index (χ0) is 29.8. The predicted octanol–water partition coefficient (Wildman–Crippen LogP) is 6.42. The highest BCUT2D eigenvalue weighted by atomic mass is 35.5. The molecule has 1 atom stereocenters. The van der Waals surface area contributed by atoms with E-state index in [1.807, 2.05) is 0 Å². The van der Waals surface area contributed by atoms with Gasteiger partial charge >= 0.3 is 0 Å². The van der Waals surface area contributed by atoms with E-state index < -0.39 is 49.2 Å². The zero-order valence-corrected chi connectivity index (χ0v) is 25.5. The highest BCUT2D eigenvalue weighted by molar-refractivity contribution is 7.99. The number of anilines is 1. The van der Waals surface area contributed by atoms with Crippen molar-refractivity contribution in [3.8, 4) is 0 Å². The Labute approximate surface area is 248 Å². The van der Waals surface area contributed by atoms with Gasteiger partial charge in [0.25, 0.3) is 10.0 Å². The summed E-state index contributed by atoms with van der Waals surface area (Å²) in [5.41, 5.74) is 0.314. The number of benzene rings is 3. The van der Waals surface area contributed by atoms with Gasteiger partial charge in [-0.2, -0.15) is 11.8 Å². The first-order valence-electron chi connectivity index (χ1n) is 13.0. The van der Waals surface area contributed by atoms with Crippen molar-refractivity contribution < 1.29 is 30.0 Å². The minimum atomic E-state index is -4.45. The Morgan fingerprint density at radius 1 is 0.902 bits per heavy atom. The Bertz CT molecular complexity index is 1580. The summed E-state index contributed by atoms with van der Waals surface area (Å²) in [4.78, 5) is -0.192. The van der Waals surface area contributed by atoms with Crippen molar-refractivity contribution in [2.45, 2.75) is 37.1 Å². The molecule has 0 spiro atoms. The Morgan fingerprint density at radius 3 is 2.22 bits per heavy atom. The Kier molecular flexibility index (Phi) is 10.3. The largest absolute Gasteiger partial charge is 0.264 e. The van der Waals surface area contributed by atoms with Gasteiger partial charge in [0.2, 0.25) is 10.0 Å². The van der Waals surface area contributed by atoms with E-state index in [1.165, 1.54) is 53.7 Å². The molecule has 0 bridgehead atoms. The molecule has 0 amide bonds. The maximum absolute atomic E-state index is 15.1. The zero-order valence-electron chi connectivity index (χ0n) is 22.3. The fraction of sp³-hybridized carbons (Fsp3) is 0.357. The van der Waals surface area contributed by atoms with Crippen LogP contribution in [0.1, 0.15) is 36.9 Å². The number of hydrogen-bond acceptors (Lipinski definition) is 5. The van der Waals surface area contributed by atoms with E-state index in [0.29, 0.717) is 42.1 Å². The molecule has 222 valence electrons. The molecular formula is C28H30ClF3N2O4S3. The van der Waals surface area contributed by atoms with Crippen LogP contribution in [0.15, 0.2) is 65.6 Å². The van der Waals surface area contributed by atoms with Gasteiger partial charge in [0.15, 0.2) is 0 Å².